The third-order valence-corrected chi connectivity index (χ3v) is 3.65. The molecule has 0 aromatic heterocycles. The second-order valence-corrected chi connectivity index (χ2v) is 5.08. The second-order valence-electron chi connectivity index (χ2n) is 4.20. The summed E-state index contributed by atoms with van der Waals surface area (Å²) < 4.78 is 10.8. The Bertz CT molecular complexity index is 451. The molecule has 5 nitrogen and oxygen atoms in total. The molecule has 2 atom stereocenters. The highest BCUT2D eigenvalue weighted by molar-refractivity contribution is 14.1. The number of nitrogens with one attached hydrogen (secondary N) is 1. The van der Waals surface area contributed by atoms with Crippen molar-refractivity contribution in [3.8, 4) is 0 Å². The number of hydrogen-bond acceptors (Lipinski definition) is 4. The Morgan fingerprint density at radius 1 is 1.42 bits per heavy atom. The van der Waals surface area contributed by atoms with E-state index in [0.717, 1.165) is 5.56 Å². The molecule has 0 aliphatic carbocycles. The van der Waals surface area contributed by atoms with Crippen LogP contribution in [0.1, 0.15) is 12.0 Å². The Balaban J connectivity index is 1.80. The standard InChI is InChI=1S/C13H14INO4/c14-7-11-10(6-12(16)19-11)15-13(17)18-8-9-4-2-1-3-5-9/h1-5,10-11H,6-8H2,(H,15,17)/t10-,11-/m0/s1. The fourth-order valence-corrected chi connectivity index (χ4v) is 2.60. The maximum absolute atomic E-state index is 11.6. The Morgan fingerprint density at radius 3 is 2.84 bits per heavy atom. The number of esters is 1. The van der Waals surface area contributed by atoms with Crippen LogP contribution in [-0.4, -0.2) is 28.6 Å². The summed E-state index contributed by atoms with van der Waals surface area (Å²) in [5.74, 6) is -0.282. The van der Waals surface area contributed by atoms with Crippen molar-refractivity contribution in [2.24, 2.45) is 0 Å². The van der Waals surface area contributed by atoms with Crippen molar-refractivity contribution in [2.75, 3.05) is 4.43 Å². The first-order valence-electron chi connectivity index (χ1n) is 5.91. The van der Waals surface area contributed by atoms with E-state index in [1.165, 1.54) is 0 Å². The number of alkyl carbamates (subject to hydrolysis) is 1. The van der Waals surface area contributed by atoms with E-state index < -0.39 is 6.09 Å². The molecular formula is C13H14INO4. The van der Waals surface area contributed by atoms with Crippen molar-refractivity contribution >= 4 is 34.7 Å². The van der Waals surface area contributed by atoms with Gasteiger partial charge in [-0.15, -0.1) is 0 Å². The largest absolute Gasteiger partial charge is 0.459 e. The predicted molar refractivity (Wildman–Crippen MR) is 76.9 cm³/mol. The van der Waals surface area contributed by atoms with Gasteiger partial charge in [-0.2, -0.15) is 0 Å². The average molecular weight is 375 g/mol. The van der Waals surface area contributed by atoms with Crippen LogP contribution in [0, 0.1) is 0 Å². The number of amides is 1. The van der Waals surface area contributed by atoms with Crippen LogP contribution in [0.3, 0.4) is 0 Å². The summed E-state index contributed by atoms with van der Waals surface area (Å²) in [5, 5.41) is 2.67. The maximum atomic E-state index is 11.6. The van der Waals surface area contributed by atoms with Gasteiger partial charge in [-0.05, 0) is 5.56 Å². The van der Waals surface area contributed by atoms with Crippen molar-refractivity contribution in [3.05, 3.63) is 35.9 Å². The molecule has 1 aliphatic heterocycles. The van der Waals surface area contributed by atoms with Gasteiger partial charge in [0, 0.05) is 4.43 Å². The predicted octanol–water partition coefficient (Wildman–Crippen LogP) is 2.03. The third-order valence-electron chi connectivity index (χ3n) is 2.79. The van der Waals surface area contributed by atoms with Gasteiger partial charge in [-0.1, -0.05) is 52.9 Å². The van der Waals surface area contributed by atoms with Crippen LogP contribution in [0.25, 0.3) is 0 Å². The number of halogens is 1. The number of hydrogen-bond donors (Lipinski definition) is 1. The van der Waals surface area contributed by atoms with Crippen LogP contribution in [-0.2, 0) is 20.9 Å². The molecule has 0 radical (unpaired) electrons. The van der Waals surface area contributed by atoms with E-state index in [1.54, 1.807) is 0 Å². The van der Waals surface area contributed by atoms with Crippen LogP contribution < -0.4 is 5.32 Å². The van der Waals surface area contributed by atoms with Gasteiger partial charge in [-0.25, -0.2) is 4.79 Å². The van der Waals surface area contributed by atoms with Crippen LogP contribution >= 0.6 is 22.6 Å². The smallest absolute Gasteiger partial charge is 0.407 e. The van der Waals surface area contributed by atoms with E-state index in [0.29, 0.717) is 4.43 Å². The average Bonchev–Trinajstić information content (AvgIpc) is 2.77. The number of alkyl halides is 1. The maximum Gasteiger partial charge on any atom is 0.407 e. The van der Waals surface area contributed by atoms with Crippen molar-refractivity contribution in [2.45, 2.75) is 25.2 Å². The van der Waals surface area contributed by atoms with Gasteiger partial charge < -0.3 is 14.8 Å². The number of ether oxygens (including phenoxy) is 2. The van der Waals surface area contributed by atoms with E-state index in [1.807, 2.05) is 30.3 Å². The molecule has 1 heterocycles. The van der Waals surface area contributed by atoms with E-state index in [-0.39, 0.29) is 31.1 Å². The quantitative estimate of drug-likeness (QED) is 0.497. The summed E-state index contributed by atoms with van der Waals surface area (Å²) in [5.41, 5.74) is 0.918. The number of benzene rings is 1. The number of carbonyl (C=O) groups excluding carboxylic acids is 2. The summed E-state index contributed by atoms with van der Waals surface area (Å²) in [6, 6.07) is 9.12. The van der Waals surface area contributed by atoms with Crippen LogP contribution in [0.15, 0.2) is 30.3 Å². The Labute approximate surface area is 124 Å². The van der Waals surface area contributed by atoms with Crippen molar-refractivity contribution < 1.29 is 19.1 Å². The topological polar surface area (TPSA) is 64.6 Å². The Kier molecular flexibility index (Phi) is 5.00. The monoisotopic (exact) mass is 375 g/mol. The van der Waals surface area contributed by atoms with Gasteiger partial charge in [0.25, 0.3) is 0 Å². The molecule has 1 N–H and O–H groups in total. The molecule has 6 heteroatoms. The lowest BCUT2D eigenvalue weighted by atomic mass is 10.2. The summed E-state index contributed by atoms with van der Waals surface area (Å²) in [6.45, 7) is 0.211. The van der Waals surface area contributed by atoms with Gasteiger partial charge in [0.15, 0.2) is 0 Å². The summed E-state index contributed by atoms with van der Waals surface area (Å²) in [7, 11) is 0. The highest BCUT2D eigenvalue weighted by Crippen LogP contribution is 2.17. The van der Waals surface area contributed by atoms with Crippen LogP contribution in [0.2, 0.25) is 0 Å². The lowest BCUT2D eigenvalue weighted by molar-refractivity contribution is -0.140. The Morgan fingerprint density at radius 2 is 2.16 bits per heavy atom. The normalized spacial score (nSPS) is 21.8. The summed E-state index contributed by atoms with van der Waals surface area (Å²) in [4.78, 5) is 22.8. The molecule has 1 fully saturated rings. The van der Waals surface area contributed by atoms with Crippen molar-refractivity contribution in [1.29, 1.82) is 0 Å². The van der Waals surface area contributed by atoms with E-state index >= 15 is 0 Å². The zero-order valence-corrected chi connectivity index (χ0v) is 12.3. The second kappa shape index (κ2) is 6.74. The zero-order valence-electron chi connectivity index (χ0n) is 10.2. The lowest BCUT2D eigenvalue weighted by Gasteiger charge is -2.16. The molecule has 19 heavy (non-hydrogen) atoms. The molecule has 1 aromatic rings. The molecular weight excluding hydrogens is 361 g/mol. The fourth-order valence-electron chi connectivity index (χ4n) is 1.81. The van der Waals surface area contributed by atoms with Gasteiger partial charge in [-0.3, -0.25) is 4.79 Å². The molecule has 102 valence electrons. The Hall–Kier alpha value is -1.31. The molecule has 0 saturated carbocycles. The summed E-state index contributed by atoms with van der Waals surface area (Å²) >= 11 is 2.12. The summed E-state index contributed by atoms with van der Waals surface area (Å²) in [6.07, 6.45) is -0.590. The molecule has 1 amide bonds. The van der Waals surface area contributed by atoms with Crippen LogP contribution in [0.5, 0.6) is 0 Å². The first-order chi connectivity index (χ1) is 9.19. The minimum atomic E-state index is -0.526. The van der Waals surface area contributed by atoms with E-state index in [9.17, 15) is 9.59 Å². The highest BCUT2D eigenvalue weighted by Gasteiger charge is 2.35. The van der Waals surface area contributed by atoms with Crippen LogP contribution in [0.4, 0.5) is 4.79 Å². The lowest BCUT2D eigenvalue weighted by Crippen LogP contribution is -2.41. The van der Waals surface area contributed by atoms with Crippen molar-refractivity contribution in [1.82, 2.24) is 5.32 Å². The number of rotatable bonds is 4. The van der Waals surface area contributed by atoms with Gasteiger partial charge >= 0.3 is 12.1 Å². The first kappa shape index (κ1) is 14.1. The van der Waals surface area contributed by atoms with Gasteiger partial charge in [0.05, 0.1) is 12.5 Å². The first-order valence-corrected chi connectivity index (χ1v) is 7.44. The zero-order chi connectivity index (χ0) is 13.7. The third kappa shape index (κ3) is 4.09. The molecule has 1 saturated heterocycles. The minimum Gasteiger partial charge on any atom is -0.459 e. The van der Waals surface area contributed by atoms with Gasteiger partial charge in [0.1, 0.15) is 12.7 Å². The number of carbonyl (C=O) groups is 2. The fraction of sp³-hybridized carbons (Fsp3) is 0.385. The van der Waals surface area contributed by atoms with Crippen molar-refractivity contribution in [3.63, 3.8) is 0 Å². The SMILES string of the molecule is O=C1C[C@H](NC(=O)OCc2ccccc2)[C@H](CI)O1. The minimum absolute atomic E-state index is 0.202. The molecule has 2 rings (SSSR count). The molecule has 0 unspecified atom stereocenters. The number of cyclic esters (lactones) is 1. The van der Waals surface area contributed by atoms with Gasteiger partial charge in [0.2, 0.25) is 0 Å². The molecule has 1 aromatic carbocycles. The van der Waals surface area contributed by atoms with E-state index in [4.69, 9.17) is 9.47 Å². The molecule has 0 spiro atoms. The molecule has 1 aliphatic rings. The molecule has 0 bridgehead atoms. The highest BCUT2D eigenvalue weighted by atomic mass is 127. The van der Waals surface area contributed by atoms with E-state index in [2.05, 4.69) is 27.9 Å².